The highest BCUT2D eigenvalue weighted by Crippen LogP contribution is 2.23. The van der Waals surface area contributed by atoms with Crippen LogP contribution in [-0.2, 0) is 9.59 Å². The molecule has 2 fully saturated rings. The van der Waals surface area contributed by atoms with Gasteiger partial charge in [0.15, 0.2) is 0 Å². The molecule has 6 nitrogen and oxygen atoms in total. The molecule has 2 atom stereocenters. The number of carboxylic acids is 2. The molecule has 0 aromatic rings. The number of hydrogen-bond acceptors (Lipinski definition) is 6. The molecular formula is C11H18N2O4S2. The number of thioether (sulfide) groups is 2. The maximum atomic E-state index is 11.0. The average Bonchev–Trinajstić information content (AvgIpc) is 2.96. The van der Waals surface area contributed by atoms with Crippen LogP contribution in [0.2, 0.25) is 0 Å². The van der Waals surface area contributed by atoms with Gasteiger partial charge in [0, 0.05) is 36.3 Å². The van der Waals surface area contributed by atoms with Crippen LogP contribution in [0.5, 0.6) is 0 Å². The van der Waals surface area contributed by atoms with E-state index in [0.29, 0.717) is 11.5 Å². The normalized spacial score (nSPS) is 28.8. The first kappa shape index (κ1) is 15.0. The molecule has 0 amide bonds. The molecular weight excluding hydrogens is 288 g/mol. The van der Waals surface area contributed by atoms with Crippen molar-refractivity contribution in [2.24, 2.45) is 0 Å². The van der Waals surface area contributed by atoms with Gasteiger partial charge in [-0.15, -0.1) is 23.5 Å². The number of carbonyl (C=O) groups is 2. The summed E-state index contributed by atoms with van der Waals surface area (Å²) in [5.74, 6) is 1.29. The summed E-state index contributed by atoms with van der Waals surface area (Å²) in [6.07, 6.45) is 0.814. The second kappa shape index (κ2) is 6.83. The standard InChI is InChI=1S/C11H18N2O4S2/c14-10(15)8-4-18-6-12(8)2-1-3-13-7-19-5-9(13)11(16)17/h8-9H,1-7H2,(H,14,15)(H,16,17)/t8-,9-/m0/s1. The van der Waals surface area contributed by atoms with Crippen molar-refractivity contribution in [3.63, 3.8) is 0 Å². The zero-order valence-corrected chi connectivity index (χ0v) is 12.2. The fourth-order valence-corrected chi connectivity index (χ4v) is 4.78. The molecule has 2 rings (SSSR count). The summed E-state index contributed by atoms with van der Waals surface area (Å²) >= 11 is 3.28. The molecule has 0 aliphatic carbocycles. The van der Waals surface area contributed by atoms with Crippen LogP contribution in [0.4, 0.5) is 0 Å². The summed E-state index contributed by atoms with van der Waals surface area (Å²) in [7, 11) is 0. The molecule has 19 heavy (non-hydrogen) atoms. The zero-order valence-electron chi connectivity index (χ0n) is 10.5. The Morgan fingerprint density at radius 2 is 1.37 bits per heavy atom. The molecule has 0 radical (unpaired) electrons. The Hall–Kier alpha value is -0.440. The number of aliphatic carboxylic acids is 2. The van der Waals surface area contributed by atoms with E-state index in [0.717, 1.165) is 31.3 Å². The predicted molar refractivity (Wildman–Crippen MR) is 75.5 cm³/mol. The van der Waals surface area contributed by atoms with Crippen LogP contribution < -0.4 is 0 Å². The largest absolute Gasteiger partial charge is 0.480 e. The predicted octanol–water partition coefficient (Wildman–Crippen LogP) is 0.295. The van der Waals surface area contributed by atoms with E-state index in [2.05, 4.69) is 0 Å². The number of hydrogen-bond donors (Lipinski definition) is 2. The van der Waals surface area contributed by atoms with Gasteiger partial charge in [-0.2, -0.15) is 0 Å². The quantitative estimate of drug-likeness (QED) is 0.725. The molecule has 2 aliphatic rings. The Morgan fingerprint density at radius 3 is 1.74 bits per heavy atom. The van der Waals surface area contributed by atoms with E-state index in [4.69, 9.17) is 10.2 Å². The summed E-state index contributed by atoms with van der Waals surface area (Å²) in [5, 5.41) is 18.1. The minimum atomic E-state index is -0.759. The molecule has 0 spiro atoms. The van der Waals surface area contributed by atoms with Gasteiger partial charge in [-0.05, 0) is 6.42 Å². The molecule has 2 saturated heterocycles. The van der Waals surface area contributed by atoms with Crippen LogP contribution in [0.15, 0.2) is 0 Å². The van der Waals surface area contributed by atoms with Gasteiger partial charge in [0.2, 0.25) is 0 Å². The Bertz CT molecular complexity index is 324. The summed E-state index contributed by atoms with van der Waals surface area (Å²) in [4.78, 5) is 26.0. The van der Waals surface area contributed by atoms with E-state index < -0.39 is 11.9 Å². The third-order valence-corrected chi connectivity index (χ3v) is 5.54. The fraction of sp³-hybridized carbons (Fsp3) is 0.818. The lowest BCUT2D eigenvalue weighted by molar-refractivity contribution is -0.142. The Morgan fingerprint density at radius 1 is 0.947 bits per heavy atom. The lowest BCUT2D eigenvalue weighted by Crippen LogP contribution is -2.41. The minimum Gasteiger partial charge on any atom is -0.480 e. The highest BCUT2D eigenvalue weighted by Gasteiger charge is 2.32. The van der Waals surface area contributed by atoms with E-state index in [-0.39, 0.29) is 12.1 Å². The van der Waals surface area contributed by atoms with Crippen molar-refractivity contribution in [2.45, 2.75) is 18.5 Å². The number of rotatable bonds is 6. The SMILES string of the molecule is O=C(O)[C@@H]1CSCN1CCCN1CSC[C@H]1C(=O)O. The Labute approximate surface area is 120 Å². The lowest BCUT2D eigenvalue weighted by atomic mass is 10.2. The fourth-order valence-electron chi connectivity index (χ4n) is 2.33. The lowest BCUT2D eigenvalue weighted by Gasteiger charge is -2.23. The van der Waals surface area contributed by atoms with Crippen molar-refractivity contribution >= 4 is 35.5 Å². The maximum Gasteiger partial charge on any atom is 0.321 e. The maximum absolute atomic E-state index is 11.0. The topological polar surface area (TPSA) is 81.1 Å². The molecule has 2 N–H and O–H groups in total. The van der Waals surface area contributed by atoms with Crippen molar-refractivity contribution in [1.29, 1.82) is 0 Å². The van der Waals surface area contributed by atoms with Crippen LogP contribution in [-0.4, -0.2) is 80.4 Å². The molecule has 0 aromatic heterocycles. The molecule has 2 heterocycles. The molecule has 0 bridgehead atoms. The van der Waals surface area contributed by atoms with E-state index >= 15 is 0 Å². The highest BCUT2D eigenvalue weighted by atomic mass is 32.2. The summed E-state index contributed by atoms with van der Waals surface area (Å²) in [6.45, 7) is 1.44. The first-order valence-electron chi connectivity index (χ1n) is 6.19. The van der Waals surface area contributed by atoms with Gasteiger partial charge in [-0.3, -0.25) is 19.4 Å². The molecule has 8 heteroatoms. The van der Waals surface area contributed by atoms with Crippen LogP contribution in [0.1, 0.15) is 6.42 Å². The zero-order chi connectivity index (χ0) is 13.8. The summed E-state index contributed by atoms with van der Waals surface area (Å²) in [5.41, 5.74) is 0. The van der Waals surface area contributed by atoms with Gasteiger partial charge >= 0.3 is 11.9 Å². The molecule has 0 aromatic carbocycles. The highest BCUT2D eigenvalue weighted by molar-refractivity contribution is 7.99. The first-order valence-corrected chi connectivity index (χ1v) is 8.49. The second-order valence-corrected chi connectivity index (χ2v) is 6.69. The number of carboxylic acid groups (broad SMARTS) is 2. The number of nitrogens with zero attached hydrogens (tertiary/aromatic N) is 2. The summed E-state index contributed by atoms with van der Waals surface area (Å²) in [6, 6.07) is -0.763. The first-order chi connectivity index (χ1) is 9.09. The van der Waals surface area contributed by atoms with E-state index in [1.807, 2.05) is 9.80 Å². The van der Waals surface area contributed by atoms with Crippen molar-refractivity contribution < 1.29 is 19.8 Å². The van der Waals surface area contributed by atoms with E-state index in [9.17, 15) is 9.59 Å². The van der Waals surface area contributed by atoms with Gasteiger partial charge in [-0.25, -0.2) is 0 Å². The molecule has 0 unspecified atom stereocenters. The van der Waals surface area contributed by atoms with Crippen molar-refractivity contribution in [3.05, 3.63) is 0 Å². The van der Waals surface area contributed by atoms with Crippen LogP contribution >= 0.6 is 23.5 Å². The van der Waals surface area contributed by atoms with E-state index in [1.54, 1.807) is 23.5 Å². The smallest absolute Gasteiger partial charge is 0.321 e. The van der Waals surface area contributed by atoms with Gasteiger partial charge < -0.3 is 10.2 Å². The minimum absolute atomic E-state index is 0.381. The van der Waals surface area contributed by atoms with Gasteiger partial charge in [0.25, 0.3) is 0 Å². The third kappa shape index (κ3) is 3.77. The van der Waals surface area contributed by atoms with Crippen molar-refractivity contribution in [1.82, 2.24) is 9.80 Å². The van der Waals surface area contributed by atoms with Gasteiger partial charge in [0.1, 0.15) is 12.1 Å². The van der Waals surface area contributed by atoms with Crippen molar-refractivity contribution in [3.8, 4) is 0 Å². The monoisotopic (exact) mass is 306 g/mol. The van der Waals surface area contributed by atoms with Crippen molar-refractivity contribution in [2.75, 3.05) is 36.3 Å². The van der Waals surface area contributed by atoms with Crippen LogP contribution in [0, 0.1) is 0 Å². The van der Waals surface area contributed by atoms with Gasteiger partial charge in [-0.1, -0.05) is 0 Å². The third-order valence-electron chi connectivity index (χ3n) is 3.41. The second-order valence-electron chi connectivity index (χ2n) is 4.69. The van der Waals surface area contributed by atoms with Gasteiger partial charge in [0.05, 0.1) is 0 Å². The molecule has 0 saturated carbocycles. The van der Waals surface area contributed by atoms with Crippen LogP contribution in [0.3, 0.4) is 0 Å². The van der Waals surface area contributed by atoms with E-state index in [1.165, 1.54) is 0 Å². The molecule has 108 valence electrons. The summed E-state index contributed by atoms with van der Waals surface area (Å²) < 4.78 is 0. The Kier molecular flexibility index (Phi) is 5.37. The Balaban J connectivity index is 1.74. The average molecular weight is 306 g/mol. The molecule has 2 aliphatic heterocycles. The van der Waals surface area contributed by atoms with Crippen LogP contribution in [0.25, 0.3) is 0 Å².